The Morgan fingerprint density at radius 1 is 0.920 bits per heavy atom. The Balaban J connectivity index is 2.07. The van der Waals surface area contributed by atoms with E-state index in [1.54, 1.807) is 7.05 Å². The van der Waals surface area contributed by atoms with Crippen LogP contribution in [0.15, 0.2) is 66.7 Å². The third-order valence-corrected chi connectivity index (χ3v) is 8.91. The van der Waals surface area contributed by atoms with E-state index in [0.717, 1.165) is 0 Å². The van der Waals surface area contributed by atoms with E-state index in [2.05, 4.69) is 36.0 Å². The quantitative estimate of drug-likeness (QED) is 0.641. The average Bonchev–Trinajstić information content (AvgIpc) is 2.97. The van der Waals surface area contributed by atoms with Crippen LogP contribution in [0.4, 0.5) is 13.2 Å². The van der Waals surface area contributed by atoms with Crippen molar-refractivity contribution in [1.82, 2.24) is 9.78 Å². The van der Waals surface area contributed by atoms with Gasteiger partial charge in [0.05, 0.1) is 0 Å². The van der Waals surface area contributed by atoms with Crippen molar-refractivity contribution in [2.45, 2.75) is 12.3 Å². The first-order valence-corrected chi connectivity index (χ1v) is 10.7. The van der Waals surface area contributed by atoms with Gasteiger partial charge in [0.1, 0.15) is 0 Å². The van der Waals surface area contributed by atoms with Gasteiger partial charge in [0.2, 0.25) is 0 Å². The summed E-state index contributed by atoms with van der Waals surface area (Å²) in [6, 6.07) is 21.3. The topological polar surface area (TPSA) is 17.8 Å². The summed E-state index contributed by atoms with van der Waals surface area (Å²) in [7, 11) is -0.669. The molecule has 0 bridgehead atoms. The molecule has 0 radical (unpaired) electrons. The van der Waals surface area contributed by atoms with Gasteiger partial charge in [-0.25, -0.2) is 0 Å². The second-order valence-corrected chi connectivity index (χ2v) is 10.6. The number of aromatic nitrogens is 2. The maximum absolute atomic E-state index is 13.0. The number of rotatable bonds is 4. The standard InChI is InChI=1S/C19H20F3N2P/c1-24-15(13-18(23-24)19(20,21)22)14-25(2,16-9-5-3-6-10-16)17-11-7-4-8-12-17/h3-13,25H,14H2,1-2H3. The first-order chi connectivity index (χ1) is 11.8. The van der Waals surface area contributed by atoms with Gasteiger partial charge in [-0.05, 0) is 0 Å². The van der Waals surface area contributed by atoms with E-state index in [9.17, 15) is 13.2 Å². The molecule has 0 atom stereocenters. The molecular weight excluding hydrogens is 344 g/mol. The van der Waals surface area contributed by atoms with Gasteiger partial charge in [-0.1, -0.05) is 0 Å². The normalized spacial score (nSPS) is 13.0. The van der Waals surface area contributed by atoms with Crippen LogP contribution in [0.2, 0.25) is 0 Å². The number of hydrogen-bond acceptors (Lipinski definition) is 1. The molecule has 1 aromatic heterocycles. The Kier molecular flexibility index (Phi) is 4.70. The van der Waals surface area contributed by atoms with Crippen LogP contribution in [0.3, 0.4) is 0 Å². The summed E-state index contributed by atoms with van der Waals surface area (Å²) < 4.78 is 40.3. The molecule has 0 amide bonds. The monoisotopic (exact) mass is 364 g/mol. The van der Waals surface area contributed by atoms with Gasteiger partial charge in [-0.15, -0.1) is 0 Å². The molecule has 0 aliphatic carbocycles. The third kappa shape index (κ3) is 3.62. The van der Waals surface area contributed by atoms with Gasteiger partial charge >= 0.3 is 145 Å². The summed E-state index contributed by atoms with van der Waals surface area (Å²) in [6.45, 7) is 2.19. The zero-order valence-corrected chi connectivity index (χ0v) is 15.1. The van der Waals surface area contributed by atoms with Crippen LogP contribution in [0.25, 0.3) is 0 Å². The van der Waals surface area contributed by atoms with Gasteiger partial charge in [0.25, 0.3) is 0 Å². The van der Waals surface area contributed by atoms with Crippen molar-refractivity contribution in [2.75, 3.05) is 6.66 Å². The van der Waals surface area contributed by atoms with Crippen LogP contribution >= 0.6 is 7.26 Å². The predicted octanol–water partition coefficient (Wildman–Crippen LogP) is 3.97. The molecule has 1 heterocycles. The SMILES string of the molecule is Cn1nc(C(F)(F)F)cc1C[PH](C)(c1ccccc1)c1ccccc1. The average molecular weight is 364 g/mol. The van der Waals surface area contributed by atoms with Crippen molar-refractivity contribution in [3.8, 4) is 0 Å². The minimum absolute atomic E-state index is 0.556. The molecule has 0 spiro atoms. The zero-order chi connectivity index (χ0) is 18.1. The van der Waals surface area contributed by atoms with Gasteiger partial charge in [0.15, 0.2) is 0 Å². The maximum atomic E-state index is 13.0. The molecular formula is C19H20F3N2P. The fourth-order valence-corrected chi connectivity index (χ4v) is 6.81. The van der Waals surface area contributed by atoms with Crippen LogP contribution in [-0.2, 0) is 19.4 Å². The number of nitrogens with zero attached hydrogens (tertiary/aromatic N) is 2. The Morgan fingerprint density at radius 2 is 1.40 bits per heavy atom. The molecule has 0 unspecified atom stereocenters. The summed E-state index contributed by atoms with van der Waals surface area (Å²) >= 11 is 0. The second kappa shape index (κ2) is 6.64. The number of halogens is 3. The summed E-state index contributed by atoms with van der Waals surface area (Å²) in [5.74, 6) is 0. The summed E-state index contributed by atoms with van der Waals surface area (Å²) in [5, 5.41) is 6.05. The molecule has 0 aliphatic rings. The van der Waals surface area contributed by atoms with E-state index in [4.69, 9.17) is 0 Å². The summed E-state index contributed by atoms with van der Waals surface area (Å²) in [4.78, 5) is 0. The van der Waals surface area contributed by atoms with Gasteiger partial charge in [0, 0.05) is 0 Å². The van der Waals surface area contributed by atoms with Crippen LogP contribution in [0.5, 0.6) is 0 Å². The van der Waals surface area contributed by atoms with Crippen LogP contribution < -0.4 is 10.6 Å². The number of hydrogen-bond donors (Lipinski definition) is 0. The van der Waals surface area contributed by atoms with E-state index >= 15 is 0 Å². The van der Waals surface area contributed by atoms with Crippen LogP contribution in [-0.4, -0.2) is 16.4 Å². The van der Waals surface area contributed by atoms with Gasteiger partial charge in [-0.3, -0.25) is 0 Å². The molecule has 6 heteroatoms. The molecule has 2 nitrogen and oxygen atoms in total. The van der Waals surface area contributed by atoms with E-state index in [-0.39, 0.29) is 0 Å². The van der Waals surface area contributed by atoms with E-state index < -0.39 is 19.1 Å². The Bertz CT molecular complexity index is 803. The molecule has 0 fully saturated rings. The van der Waals surface area contributed by atoms with E-state index in [1.807, 2.05) is 36.4 Å². The first-order valence-electron chi connectivity index (χ1n) is 8.02. The van der Waals surface area contributed by atoms with Gasteiger partial charge < -0.3 is 0 Å². The first kappa shape index (κ1) is 17.7. The molecule has 0 saturated heterocycles. The number of aryl methyl sites for hydroxylation is 1. The fourth-order valence-electron chi connectivity index (χ4n) is 3.15. The summed E-state index contributed by atoms with van der Waals surface area (Å²) in [6.07, 6.45) is -3.87. The molecule has 3 rings (SSSR count). The van der Waals surface area contributed by atoms with Gasteiger partial charge in [-0.2, -0.15) is 0 Å². The number of alkyl halides is 3. The molecule has 132 valence electrons. The van der Waals surface area contributed by atoms with Crippen LogP contribution in [0.1, 0.15) is 11.4 Å². The van der Waals surface area contributed by atoms with E-state index in [1.165, 1.54) is 21.4 Å². The van der Waals surface area contributed by atoms with E-state index in [0.29, 0.717) is 11.9 Å². The van der Waals surface area contributed by atoms with Crippen molar-refractivity contribution < 1.29 is 13.2 Å². The molecule has 2 aromatic carbocycles. The fraction of sp³-hybridized carbons (Fsp3) is 0.211. The summed E-state index contributed by atoms with van der Waals surface area (Å²) in [5.41, 5.74) is -0.225. The van der Waals surface area contributed by atoms with Crippen molar-refractivity contribution in [1.29, 1.82) is 0 Å². The minimum atomic E-state index is -4.42. The van der Waals surface area contributed by atoms with Crippen LogP contribution in [0, 0.1) is 0 Å². The molecule has 3 aromatic rings. The molecule has 25 heavy (non-hydrogen) atoms. The van der Waals surface area contributed by atoms with Crippen molar-refractivity contribution >= 4 is 17.9 Å². The molecule has 0 saturated carbocycles. The Labute approximate surface area is 145 Å². The second-order valence-electron chi connectivity index (χ2n) is 6.38. The van der Waals surface area contributed by atoms with Crippen molar-refractivity contribution in [3.63, 3.8) is 0 Å². The number of benzene rings is 2. The molecule has 0 N–H and O–H groups in total. The Hall–Kier alpha value is -2.13. The third-order valence-electron chi connectivity index (χ3n) is 4.62. The Morgan fingerprint density at radius 3 is 1.80 bits per heavy atom. The molecule has 0 aliphatic heterocycles. The predicted molar refractivity (Wildman–Crippen MR) is 98.3 cm³/mol. The van der Waals surface area contributed by atoms with Crippen molar-refractivity contribution in [3.05, 3.63) is 78.1 Å². The van der Waals surface area contributed by atoms with Crippen molar-refractivity contribution in [2.24, 2.45) is 7.05 Å². The zero-order valence-electron chi connectivity index (χ0n) is 14.1.